The van der Waals surface area contributed by atoms with Crippen molar-refractivity contribution in [1.82, 2.24) is 19.9 Å². The van der Waals surface area contributed by atoms with Gasteiger partial charge in [-0.3, -0.25) is 0 Å². The Morgan fingerprint density at radius 1 is 1.26 bits per heavy atom. The fourth-order valence-electron chi connectivity index (χ4n) is 1.38. The van der Waals surface area contributed by atoms with Gasteiger partial charge in [-0.05, 0) is 22.6 Å². The van der Waals surface area contributed by atoms with Crippen molar-refractivity contribution in [3.05, 3.63) is 26.8 Å². The van der Waals surface area contributed by atoms with Gasteiger partial charge in [-0.2, -0.15) is 0 Å². The van der Waals surface area contributed by atoms with Gasteiger partial charge in [0.05, 0.1) is 23.0 Å². The number of hydrogen-bond acceptors (Lipinski definition) is 6. The number of hydrogen-bond donors (Lipinski definition) is 0. The molecular formula is C11H10ClIN4O2. The molecule has 0 N–H and O–H groups in total. The third kappa shape index (κ3) is 3.28. The third-order valence-corrected chi connectivity index (χ3v) is 3.97. The van der Waals surface area contributed by atoms with Crippen molar-refractivity contribution in [3.8, 4) is 17.4 Å². The van der Waals surface area contributed by atoms with E-state index in [1.54, 1.807) is 13.2 Å². The predicted octanol–water partition coefficient (Wildman–Crippen LogP) is 2.35. The Balaban J connectivity index is 2.49. The van der Waals surface area contributed by atoms with Gasteiger partial charge in [0.2, 0.25) is 5.88 Å². The van der Waals surface area contributed by atoms with Crippen molar-refractivity contribution in [1.29, 1.82) is 0 Å². The second kappa shape index (κ2) is 6.40. The Hall–Kier alpha value is -1.06. The Morgan fingerprint density at radius 3 is 2.74 bits per heavy atom. The molecule has 100 valence electrons. The summed E-state index contributed by atoms with van der Waals surface area (Å²) in [5.74, 6) is 0.856. The maximum absolute atomic E-state index is 6.09. The highest BCUT2D eigenvalue weighted by atomic mass is 127. The molecule has 0 unspecified atom stereocenters. The Kier molecular flexibility index (Phi) is 4.83. The monoisotopic (exact) mass is 392 g/mol. The number of nitrogens with zero attached hydrogens (tertiary/aromatic N) is 4. The highest BCUT2D eigenvalue weighted by Gasteiger charge is 2.13. The molecule has 2 aromatic heterocycles. The fraction of sp³-hybridized carbons (Fsp3) is 0.273. The van der Waals surface area contributed by atoms with Crippen LogP contribution in [0.25, 0.3) is 11.5 Å². The largest absolute Gasteiger partial charge is 0.481 e. The van der Waals surface area contributed by atoms with Crippen LogP contribution in [0.1, 0.15) is 5.69 Å². The molecule has 6 nitrogen and oxygen atoms in total. The number of ether oxygens (including phenoxy) is 2. The van der Waals surface area contributed by atoms with Crippen LogP contribution in [0.4, 0.5) is 0 Å². The van der Waals surface area contributed by atoms with E-state index in [9.17, 15) is 0 Å². The normalized spacial score (nSPS) is 10.5. The van der Waals surface area contributed by atoms with E-state index in [4.69, 9.17) is 21.1 Å². The molecule has 0 spiro atoms. The van der Waals surface area contributed by atoms with Crippen LogP contribution in [0, 0.1) is 3.57 Å². The SMILES string of the molecule is COCc1nc(-c2cc(OC)ncn2)nc(Cl)c1I. The van der Waals surface area contributed by atoms with Crippen molar-refractivity contribution < 1.29 is 9.47 Å². The van der Waals surface area contributed by atoms with E-state index in [1.165, 1.54) is 13.4 Å². The van der Waals surface area contributed by atoms with E-state index in [0.717, 1.165) is 9.26 Å². The first-order chi connectivity index (χ1) is 9.15. The van der Waals surface area contributed by atoms with Gasteiger partial charge in [0.15, 0.2) is 5.82 Å². The molecule has 0 aliphatic carbocycles. The first kappa shape index (κ1) is 14.4. The second-order valence-corrected chi connectivity index (χ2v) is 4.91. The average Bonchev–Trinajstić information content (AvgIpc) is 2.44. The molecule has 0 aliphatic rings. The summed E-state index contributed by atoms with van der Waals surface area (Å²) in [6, 6.07) is 1.65. The summed E-state index contributed by atoms with van der Waals surface area (Å²) in [6.45, 7) is 0.357. The molecule has 0 atom stereocenters. The van der Waals surface area contributed by atoms with Gasteiger partial charge in [0.1, 0.15) is 17.2 Å². The maximum atomic E-state index is 6.09. The summed E-state index contributed by atoms with van der Waals surface area (Å²) in [5.41, 5.74) is 1.26. The quantitative estimate of drug-likeness (QED) is 0.588. The molecule has 8 heteroatoms. The number of methoxy groups -OCH3 is 2. The van der Waals surface area contributed by atoms with Gasteiger partial charge in [0.25, 0.3) is 0 Å². The number of rotatable bonds is 4. The van der Waals surface area contributed by atoms with E-state index >= 15 is 0 Å². The molecule has 19 heavy (non-hydrogen) atoms. The van der Waals surface area contributed by atoms with Crippen LogP contribution in [0.2, 0.25) is 5.15 Å². The molecule has 0 saturated heterocycles. The summed E-state index contributed by atoms with van der Waals surface area (Å²) in [7, 11) is 3.13. The number of halogens is 2. The topological polar surface area (TPSA) is 70.0 Å². The van der Waals surface area contributed by atoms with Crippen LogP contribution < -0.4 is 4.74 Å². The minimum absolute atomic E-state index is 0.357. The summed E-state index contributed by atoms with van der Waals surface area (Å²) < 4.78 is 10.9. The minimum Gasteiger partial charge on any atom is -0.481 e. The third-order valence-electron chi connectivity index (χ3n) is 2.24. The summed E-state index contributed by atoms with van der Waals surface area (Å²) in [5, 5.41) is 0.371. The average molecular weight is 393 g/mol. The smallest absolute Gasteiger partial charge is 0.216 e. The molecule has 2 rings (SSSR count). The van der Waals surface area contributed by atoms with Crippen molar-refractivity contribution in [2.24, 2.45) is 0 Å². The molecule has 0 fully saturated rings. The molecule has 0 amide bonds. The lowest BCUT2D eigenvalue weighted by atomic mass is 10.3. The highest BCUT2D eigenvalue weighted by Crippen LogP contribution is 2.24. The van der Waals surface area contributed by atoms with E-state index < -0.39 is 0 Å². The van der Waals surface area contributed by atoms with Crippen LogP contribution in [-0.2, 0) is 11.3 Å². The van der Waals surface area contributed by atoms with E-state index in [2.05, 4.69) is 42.5 Å². The zero-order valence-corrected chi connectivity index (χ0v) is 13.1. The van der Waals surface area contributed by atoms with E-state index in [-0.39, 0.29) is 0 Å². The van der Waals surface area contributed by atoms with Crippen molar-refractivity contribution >= 4 is 34.2 Å². The van der Waals surface area contributed by atoms with Crippen LogP contribution in [0.3, 0.4) is 0 Å². The lowest BCUT2D eigenvalue weighted by Crippen LogP contribution is -2.03. The zero-order chi connectivity index (χ0) is 13.8. The molecule has 0 radical (unpaired) electrons. The molecule has 2 aromatic rings. The first-order valence-electron chi connectivity index (χ1n) is 5.23. The Labute approximate surface area is 128 Å². The molecule has 0 saturated carbocycles. The summed E-state index contributed by atoms with van der Waals surface area (Å²) in [4.78, 5) is 16.6. The van der Waals surface area contributed by atoms with E-state index in [0.29, 0.717) is 29.2 Å². The molecule has 0 aliphatic heterocycles. The maximum Gasteiger partial charge on any atom is 0.216 e. The van der Waals surface area contributed by atoms with Crippen molar-refractivity contribution in [2.75, 3.05) is 14.2 Å². The van der Waals surface area contributed by atoms with Gasteiger partial charge in [0, 0.05) is 13.2 Å². The lowest BCUT2D eigenvalue weighted by Gasteiger charge is -2.07. The van der Waals surface area contributed by atoms with Gasteiger partial charge in [-0.25, -0.2) is 19.9 Å². The minimum atomic E-state index is 0.357. The van der Waals surface area contributed by atoms with Gasteiger partial charge in [-0.15, -0.1) is 0 Å². The summed E-state index contributed by atoms with van der Waals surface area (Å²) in [6.07, 6.45) is 1.39. The van der Waals surface area contributed by atoms with Gasteiger partial charge in [-0.1, -0.05) is 11.6 Å². The molecule has 0 bridgehead atoms. The zero-order valence-electron chi connectivity index (χ0n) is 10.2. The lowest BCUT2D eigenvalue weighted by molar-refractivity contribution is 0.181. The second-order valence-electron chi connectivity index (χ2n) is 3.48. The molecular weight excluding hydrogens is 383 g/mol. The van der Waals surface area contributed by atoms with Crippen LogP contribution in [-0.4, -0.2) is 34.2 Å². The molecule has 2 heterocycles. The van der Waals surface area contributed by atoms with Crippen molar-refractivity contribution in [2.45, 2.75) is 6.61 Å². The van der Waals surface area contributed by atoms with E-state index in [1.807, 2.05) is 0 Å². The van der Waals surface area contributed by atoms with Crippen LogP contribution >= 0.6 is 34.2 Å². The van der Waals surface area contributed by atoms with Gasteiger partial charge >= 0.3 is 0 Å². The van der Waals surface area contributed by atoms with Crippen molar-refractivity contribution in [3.63, 3.8) is 0 Å². The predicted molar refractivity (Wildman–Crippen MR) is 78.1 cm³/mol. The standard InChI is InChI=1S/C11H10ClIN4O2/c1-18-4-7-9(13)10(12)17-11(16-7)6-3-8(19-2)15-5-14-6/h3,5H,4H2,1-2H3. The Bertz CT molecular complexity index is 597. The highest BCUT2D eigenvalue weighted by molar-refractivity contribution is 14.1. The van der Waals surface area contributed by atoms with Crippen LogP contribution in [0.15, 0.2) is 12.4 Å². The van der Waals surface area contributed by atoms with Crippen LogP contribution in [0.5, 0.6) is 5.88 Å². The molecule has 0 aromatic carbocycles. The fourth-order valence-corrected chi connectivity index (χ4v) is 1.97. The number of aromatic nitrogens is 4. The first-order valence-corrected chi connectivity index (χ1v) is 6.68. The Morgan fingerprint density at radius 2 is 2.05 bits per heavy atom. The summed E-state index contributed by atoms with van der Waals surface area (Å²) >= 11 is 8.17. The van der Waals surface area contributed by atoms with Gasteiger partial charge < -0.3 is 9.47 Å².